The van der Waals surface area contributed by atoms with Crippen LogP contribution in [-0.2, 0) is 19.9 Å². The summed E-state index contributed by atoms with van der Waals surface area (Å²) < 4.78 is 2.15. The number of fused-ring (bicyclic) bond motifs is 1. The van der Waals surface area contributed by atoms with Crippen molar-refractivity contribution in [2.75, 3.05) is 0 Å². The van der Waals surface area contributed by atoms with Gasteiger partial charge in [0.05, 0.1) is 30.2 Å². The van der Waals surface area contributed by atoms with Crippen molar-refractivity contribution in [1.82, 2.24) is 15.0 Å². The second-order valence-corrected chi connectivity index (χ2v) is 8.66. The minimum absolute atomic E-state index is 0.581. The van der Waals surface area contributed by atoms with E-state index in [9.17, 15) is 0 Å². The van der Waals surface area contributed by atoms with Crippen LogP contribution in [0.4, 0.5) is 0 Å². The van der Waals surface area contributed by atoms with Gasteiger partial charge in [0.2, 0.25) is 0 Å². The summed E-state index contributed by atoms with van der Waals surface area (Å²) in [6, 6.07) is 4.54. The molecular weight excluding hydrogens is 356 g/mol. The van der Waals surface area contributed by atoms with Crippen LogP contribution in [0.3, 0.4) is 0 Å². The second-order valence-electron chi connectivity index (χ2n) is 8.66. The van der Waals surface area contributed by atoms with Crippen molar-refractivity contribution >= 4 is 11.6 Å². The molecule has 148 valence electrons. The normalized spacial score (nSPS) is 13.0. The molecule has 4 rings (SSSR count). The third kappa shape index (κ3) is 3.71. The minimum Gasteiger partial charge on any atom is -0.257 e. The van der Waals surface area contributed by atoms with Crippen molar-refractivity contribution in [1.29, 1.82) is 0 Å². The molecule has 0 bridgehead atoms. The molecule has 1 aromatic carbocycles. The van der Waals surface area contributed by atoms with Crippen LogP contribution in [-0.4, -0.2) is 15.0 Å². The molecule has 0 saturated carbocycles. The Kier molecular flexibility index (Phi) is 5.03. The highest BCUT2D eigenvalue weighted by Crippen LogP contribution is 2.36. The highest BCUT2D eigenvalue weighted by Gasteiger charge is 2.28. The molecule has 0 unspecified atom stereocenters. The van der Waals surface area contributed by atoms with Crippen molar-refractivity contribution < 1.29 is 4.57 Å². The van der Waals surface area contributed by atoms with Crippen molar-refractivity contribution in [2.45, 2.75) is 47.5 Å². The lowest BCUT2D eigenvalue weighted by atomic mass is 9.94. The molecule has 0 radical (unpaired) electrons. The maximum atomic E-state index is 4.70. The molecule has 1 aliphatic carbocycles. The predicted octanol–water partition coefficient (Wildman–Crippen LogP) is 4.58. The molecule has 0 amide bonds. The van der Waals surface area contributed by atoms with Gasteiger partial charge in [0, 0.05) is 18.2 Å². The Hall–Kier alpha value is -2.88. The van der Waals surface area contributed by atoms with Crippen LogP contribution in [0, 0.1) is 26.7 Å². The van der Waals surface area contributed by atoms with Crippen LogP contribution in [0.25, 0.3) is 22.9 Å². The summed E-state index contributed by atoms with van der Waals surface area (Å²) in [6.45, 7) is 11.0. The van der Waals surface area contributed by atoms with Gasteiger partial charge >= 0.3 is 0 Å². The van der Waals surface area contributed by atoms with E-state index in [0.717, 1.165) is 29.9 Å². The van der Waals surface area contributed by atoms with E-state index in [4.69, 9.17) is 9.97 Å². The average Bonchev–Trinajstić information content (AvgIpc) is 3.09. The maximum absolute atomic E-state index is 4.70. The van der Waals surface area contributed by atoms with Gasteiger partial charge in [-0.05, 0) is 66.9 Å². The average molecular weight is 386 g/mol. The van der Waals surface area contributed by atoms with Crippen LogP contribution in [0.1, 0.15) is 53.2 Å². The molecule has 4 heteroatoms. The summed E-state index contributed by atoms with van der Waals surface area (Å²) in [5.41, 5.74) is 12.0. The van der Waals surface area contributed by atoms with Crippen LogP contribution in [0.15, 0.2) is 30.9 Å². The highest BCUT2D eigenvalue weighted by molar-refractivity contribution is 5.88. The first-order valence-corrected chi connectivity index (χ1v) is 10.3. The van der Waals surface area contributed by atoms with E-state index in [2.05, 4.69) is 69.4 Å². The van der Waals surface area contributed by atoms with Crippen molar-refractivity contribution in [3.63, 3.8) is 0 Å². The first-order valence-electron chi connectivity index (χ1n) is 10.3. The molecule has 0 N–H and O–H groups in total. The van der Waals surface area contributed by atoms with Crippen LogP contribution < -0.4 is 4.57 Å². The minimum atomic E-state index is 0.581. The van der Waals surface area contributed by atoms with Gasteiger partial charge in [0.25, 0.3) is 6.33 Å². The van der Waals surface area contributed by atoms with Gasteiger partial charge in [-0.15, -0.1) is 0 Å². The Balaban J connectivity index is 1.73. The van der Waals surface area contributed by atoms with Gasteiger partial charge in [-0.2, -0.15) is 0 Å². The molecular formula is C25H29N4+. The molecule has 29 heavy (non-hydrogen) atoms. The van der Waals surface area contributed by atoms with Gasteiger partial charge in [-0.25, -0.2) is 4.57 Å². The largest absolute Gasteiger partial charge is 0.287 e. The van der Waals surface area contributed by atoms with Gasteiger partial charge in [0.1, 0.15) is 5.69 Å². The number of rotatable bonds is 4. The summed E-state index contributed by atoms with van der Waals surface area (Å²) >= 11 is 0. The molecule has 0 spiro atoms. The quantitative estimate of drug-likeness (QED) is 0.617. The number of aryl methyl sites for hydroxylation is 3. The first-order chi connectivity index (χ1) is 13.8. The number of hydrogen-bond donors (Lipinski definition) is 0. The topological polar surface area (TPSA) is 42.5 Å². The Morgan fingerprint density at radius 2 is 1.83 bits per heavy atom. The summed E-state index contributed by atoms with van der Waals surface area (Å²) in [5, 5.41) is 0. The van der Waals surface area contributed by atoms with E-state index < -0.39 is 0 Å². The second kappa shape index (κ2) is 7.51. The Labute approximate surface area is 173 Å². The smallest absolute Gasteiger partial charge is 0.257 e. The molecule has 0 saturated heterocycles. The van der Waals surface area contributed by atoms with E-state index in [0.29, 0.717) is 5.92 Å². The van der Waals surface area contributed by atoms with Crippen LogP contribution in [0.5, 0.6) is 0 Å². The Morgan fingerprint density at radius 3 is 2.52 bits per heavy atom. The van der Waals surface area contributed by atoms with Gasteiger partial charge < -0.3 is 0 Å². The lowest BCUT2D eigenvalue weighted by Gasteiger charge is -2.13. The predicted molar refractivity (Wildman–Crippen MR) is 117 cm³/mol. The molecule has 2 aromatic heterocycles. The SMILES string of the molecule is Cc1cc(C)c(C)c(-c2c3c(nc[n+]2C)C=C(c2cnc(CC(C)C)cn2)C3)c1. The van der Waals surface area contributed by atoms with Crippen molar-refractivity contribution in [2.24, 2.45) is 13.0 Å². The van der Waals surface area contributed by atoms with E-state index >= 15 is 0 Å². The van der Waals surface area contributed by atoms with E-state index in [1.165, 1.54) is 39.1 Å². The third-order valence-corrected chi connectivity index (χ3v) is 5.71. The van der Waals surface area contributed by atoms with E-state index in [1.807, 2.05) is 18.7 Å². The number of hydrogen-bond acceptors (Lipinski definition) is 3. The molecule has 0 aliphatic heterocycles. The zero-order valence-electron chi connectivity index (χ0n) is 18.2. The number of benzene rings is 1. The third-order valence-electron chi connectivity index (χ3n) is 5.71. The van der Waals surface area contributed by atoms with Crippen molar-refractivity contribution in [3.05, 3.63) is 70.2 Å². The highest BCUT2D eigenvalue weighted by atomic mass is 15.0. The fourth-order valence-electron chi connectivity index (χ4n) is 4.17. The van der Waals surface area contributed by atoms with E-state index in [-0.39, 0.29) is 0 Å². The molecule has 4 nitrogen and oxygen atoms in total. The standard InChI is InChI=1S/C25H29N4/c1-15(2)7-20-12-27-24(13-26-20)19-10-22-23(11-19)28-14-29(6)25(22)21-9-16(3)8-17(4)18(21)5/h8-9,11-15H,7,10H2,1-6H3/q+1. The molecule has 2 heterocycles. The maximum Gasteiger partial charge on any atom is 0.287 e. The molecule has 1 aliphatic rings. The first kappa shape index (κ1) is 19.4. The number of allylic oxidation sites excluding steroid dienone is 1. The van der Waals surface area contributed by atoms with Crippen LogP contribution >= 0.6 is 0 Å². The molecule has 3 aromatic rings. The van der Waals surface area contributed by atoms with Crippen molar-refractivity contribution in [3.8, 4) is 11.3 Å². The fraction of sp³-hybridized carbons (Fsp3) is 0.360. The summed E-state index contributed by atoms with van der Waals surface area (Å²) in [5.74, 6) is 0.581. The Morgan fingerprint density at radius 1 is 1.03 bits per heavy atom. The molecule has 0 fully saturated rings. The van der Waals surface area contributed by atoms with Crippen LogP contribution in [0.2, 0.25) is 0 Å². The lowest BCUT2D eigenvalue weighted by molar-refractivity contribution is -0.663. The number of aromatic nitrogens is 4. The Bertz CT molecular complexity index is 1110. The molecule has 0 atom stereocenters. The zero-order valence-corrected chi connectivity index (χ0v) is 18.2. The lowest BCUT2D eigenvalue weighted by Crippen LogP contribution is -2.33. The summed E-state index contributed by atoms with van der Waals surface area (Å²) in [6.07, 6.45) is 9.71. The van der Waals surface area contributed by atoms with E-state index in [1.54, 1.807) is 0 Å². The van der Waals surface area contributed by atoms with Gasteiger partial charge in [-0.3, -0.25) is 9.97 Å². The summed E-state index contributed by atoms with van der Waals surface area (Å²) in [7, 11) is 2.08. The number of nitrogens with zero attached hydrogens (tertiary/aromatic N) is 4. The zero-order chi connectivity index (χ0) is 20.7. The van der Waals surface area contributed by atoms with Gasteiger partial charge in [-0.1, -0.05) is 25.5 Å². The summed E-state index contributed by atoms with van der Waals surface area (Å²) in [4.78, 5) is 14.0. The van der Waals surface area contributed by atoms with Gasteiger partial charge in [0.15, 0.2) is 5.69 Å². The fourth-order valence-corrected chi connectivity index (χ4v) is 4.17. The monoisotopic (exact) mass is 385 g/mol.